The summed E-state index contributed by atoms with van der Waals surface area (Å²) >= 11 is 5.83. The van der Waals surface area contributed by atoms with Crippen molar-refractivity contribution in [2.24, 2.45) is 0 Å². The highest BCUT2D eigenvalue weighted by molar-refractivity contribution is 6.30. The van der Waals surface area contributed by atoms with Crippen LogP contribution in [0.1, 0.15) is 6.92 Å². The Morgan fingerprint density at radius 2 is 1.81 bits per heavy atom. The molecule has 2 aromatic rings. The Kier molecular flexibility index (Phi) is 7.00. The summed E-state index contributed by atoms with van der Waals surface area (Å²) < 4.78 is 5.13. The van der Waals surface area contributed by atoms with Crippen LogP contribution in [0.15, 0.2) is 48.5 Å². The van der Waals surface area contributed by atoms with Crippen molar-refractivity contribution in [3.63, 3.8) is 0 Å². The van der Waals surface area contributed by atoms with Gasteiger partial charge in [0.2, 0.25) is 11.8 Å². The fourth-order valence-corrected chi connectivity index (χ4v) is 2.37. The minimum atomic E-state index is -0.485. The Labute approximate surface area is 158 Å². The molecule has 0 aliphatic rings. The molecule has 0 aromatic heterocycles. The number of methoxy groups -OCH3 is 1. The van der Waals surface area contributed by atoms with Gasteiger partial charge in [-0.25, -0.2) is 0 Å². The molecule has 1 atom stereocenters. The average Bonchev–Trinajstić information content (AvgIpc) is 2.62. The van der Waals surface area contributed by atoms with E-state index in [1.54, 1.807) is 74.5 Å². The number of likely N-dealkylation sites (N-methyl/N-ethyl adjacent to an activating group) is 1. The maximum Gasteiger partial charge on any atom is 0.241 e. The second-order valence-corrected chi connectivity index (χ2v) is 6.30. The molecular formula is C19H22ClN3O3. The number of carbonyl (C=O) groups is 2. The van der Waals surface area contributed by atoms with Crippen LogP contribution < -0.4 is 15.4 Å². The lowest BCUT2D eigenvalue weighted by Crippen LogP contribution is -2.43. The van der Waals surface area contributed by atoms with Crippen LogP contribution in [0.2, 0.25) is 5.02 Å². The second-order valence-electron chi connectivity index (χ2n) is 5.87. The Balaban J connectivity index is 1.88. The van der Waals surface area contributed by atoms with Gasteiger partial charge in [-0.3, -0.25) is 14.5 Å². The smallest absolute Gasteiger partial charge is 0.241 e. The van der Waals surface area contributed by atoms with Gasteiger partial charge in [-0.15, -0.1) is 0 Å². The van der Waals surface area contributed by atoms with E-state index in [-0.39, 0.29) is 18.4 Å². The van der Waals surface area contributed by atoms with E-state index in [0.717, 1.165) is 0 Å². The van der Waals surface area contributed by atoms with Crippen LogP contribution in [0.25, 0.3) is 0 Å². The van der Waals surface area contributed by atoms with Crippen LogP contribution >= 0.6 is 11.6 Å². The van der Waals surface area contributed by atoms with E-state index in [2.05, 4.69) is 10.6 Å². The SMILES string of the molecule is COc1cccc(NC(=O)CN(C)[C@H](C)C(=O)Nc2ccc(Cl)cc2)c1. The van der Waals surface area contributed by atoms with E-state index < -0.39 is 6.04 Å². The van der Waals surface area contributed by atoms with Gasteiger partial charge in [-0.05, 0) is 50.4 Å². The highest BCUT2D eigenvalue weighted by atomic mass is 35.5. The monoisotopic (exact) mass is 375 g/mol. The topological polar surface area (TPSA) is 70.7 Å². The summed E-state index contributed by atoms with van der Waals surface area (Å²) in [6, 6.07) is 13.5. The first kappa shape index (κ1) is 19.8. The van der Waals surface area contributed by atoms with Crippen molar-refractivity contribution in [1.82, 2.24) is 4.90 Å². The molecule has 6 nitrogen and oxygen atoms in total. The number of nitrogens with one attached hydrogen (secondary N) is 2. The molecule has 7 heteroatoms. The first-order valence-electron chi connectivity index (χ1n) is 8.09. The fourth-order valence-electron chi connectivity index (χ4n) is 2.24. The molecule has 2 aromatic carbocycles. The summed E-state index contributed by atoms with van der Waals surface area (Å²) in [4.78, 5) is 26.2. The molecule has 0 spiro atoms. The number of ether oxygens (including phenoxy) is 1. The average molecular weight is 376 g/mol. The number of hydrogen-bond donors (Lipinski definition) is 2. The molecule has 2 amide bonds. The predicted octanol–water partition coefficient (Wildman–Crippen LogP) is 3.25. The standard InChI is InChI=1S/C19H22ClN3O3/c1-13(19(25)22-15-9-7-14(20)8-10-15)23(2)12-18(24)21-16-5-4-6-17(11-16)26-3/h4-11,13H,12H2,1-3H3,(H,21,24)(H,22,25)/t13-/m1/s1. The number of amides is 2. The second kappa shape index (κ2) is 9.22. The lowest BCUT2D eigenvalue weighted by atomic mass is 10.2. The molecule has 0 fully saturated rings. The zero-order chi connectivity index (χ0) is 19.1. The number of nitrogens with zero attached hydrogens (tertiary/aromatic N) is 1. The first-order chi connectivity index (χ1) is 12.4. The quantitative estimate of drug-likeness (QED) is 0.779. The van der Waals surface area contributed by atoms with Crippen molar-refractivity contribution in [2.45, 2.75) is 13.0 Å². The van der Waals surface area contributed by atoms with Crippen LogP contribution in [0.3, 0.4) is 0 Å². The molecule has 0 saturated heterocycles. The normalized spacial score (nSPS) is 11.7. The third kappa shape index (κ3) is 5.75. The van der Waals surface area contributed by atoms with E-state index in [1.807, 2.05) is 0 Å². The summed E-state index contributed by atoms with van der Waals surface area (Å²) in [5, 5.41) is 6.19. The highest BCUT2D eigenvalue weighted by Gasteiger charge is 2.20. The van der Waals surface area contributed by atoms with Gasteiger partial charge in [0.05, 0.1) is 19.7 Å². The Morgan fingerprint density at radius 1 is 1.12 bits per heavy atom. The minimum Gasteiger partial charge on any atom is -0.497 e. The summed E-state index contributed by atoms with van der Waals surface area (Å²) in [6.07, 6.45) is 0. The zero-order valence-corrected chi connectivity index (χ0v) is 15.7. The summed E-state index contributed by atoms with van der Waals surface area (Å²) in [7, 11) is 3.28. The number of benzene rings is 2. The molecule has 2 N–H and O–H groups in total. The lowest BCUT2D eigenvalue weighted by molar-refractivity contribution is -0.122. The first-order valence-corrected chi connectivity index (χ1v) is 8.47. The number of halogens is 1. The molecule has 0 heterocycles. The van der Waals surface area contributed by atoms with E-state index >= 15 is 0 Å². The van der Waals surface area contributed by atoms with Crippen molar-refractivity contribution < 1.29 is 14.3 Å². The fraction of sp³-hybridized carbons (Fsp3) is 0.263. The van der Waals surface area contributed by atoms with Crippen LogP contribution in [0.5, 0.6) is 5.75 Å². The maximum absolute atomic E-state index is 12.3. The van der Waals surface area contributed by atoms with Crippen molar-refractivity contribution in [2.75, 3.05) is 31.3 Å². The molecule has 0 unspecified atom stereocenters. The Morgan fingerprint density at radius 3 is 2.46 bits per heavy atom. The Bertz CT molecular complexity index is 765. The van der Waals surface area contributed by atoms with Gasteiger partial charge in [-0.2, -0.15) is 0 Å². The van der Waals surface area contributed by atoms with E-state index in [0.29, 0.717) is 22.1 Å². The molecule has 0 bridgehead atoms. The number of anilines is 2. The third-order valence-corrected chi connectivity index (χ3v) is 4.15. The van der Waals surface area contributed by atoms with Crippen molar-refractivity contribution >= 4 is 34.8 Å². The molecule has 138 valence electrons. The number of rotatable bonds is 7. The molecular weight excluding hydrogens is 354 g/mol. The largest absolute Gasteiger partial charge is 0.497 e. The molecule has 0 aliphatic carbocycles. The summed E-state index contributed by atoms with van der Waals surface area (Å²) in [5.74, 6) is 0.239. The summed E-state index contributed by atoms with van der Waals surface area (Å²) in [5.41, 5.74) is 1.29. The van der Waals surface area contributed by atoms with E-state index in [9.17, 15) is 9.59 Å². The van der Waals surface area contributed by atoms with Gasteiger partial charge < -0.3 is 15.4 Å². The highest BCUT2D eigenvalue weighted by Crippen LogP contribution is 2.17. The molecule has 0 radical (unpaired) electrons. The summed E-state index contributed by atoms with van der Waals surface area (Å²) in [6.45, 7) is 1.82. The van der Waals surface area contributed by atoms with Crippen LogP contribution in [0, 0.1) is 0 Å². The molecule has 0 saturated carbocycles. The van der Waals surface area contributed by atoms with Crippen LogP contribution in [0.4, 0.5) is 11.4 Å². The van der Waals surface area contributed by atoms with Gasteiger partial charge in [0.1, 0.15) is 5.75 Å². The molecule has 0 aliphatic heterocycles. The van der Waals surface area contributed by atoms with Gasteiger partial charge >= 0.3 is 0 Å². The van der Waals surface area contributed by atoms with Gasteiger partial charge in [0.15, 0.2) is 0 Å². The zero-order valence-electron chi connectivity index (χ0n) is 15.0. The minimum absolute atomic E-state index is 0.0758. The molecule has 26 heavy (non-hydrogen) atoms. The number of hydrogen-bond acceptors (Lipinski definition) is 4. The van der Waals surface area contributed by atoms with Gasteiger partial charge in [0.25, 0.3) is 0 Å². The van der Waals surface area contributed by atoms with Crippen molar-refractivity contribution in [1.29, 1.82) is 0 Å². The molecule has 2 rings (SSSR count). The van der Waals surface area contributed by atoms with E-state index in [1.165, 1.54) is 0 Å². The van der Waals surface area contributed by atoms with Gasteiger partial charge in [-0.1, -0.05) is 17.7 Å². The Hall–Kier alpha value is -2.57. The maximum atomic E-state index is 12.3. The predicted molar refractivity (Wildman–Crippen MR) is 104 cm³/mol. The van der Waals surface area contributed by atoms with Crippen molar-refractivity contribution in [3.8, 4) is 5.75 Å². The van der Waals surface area contributed by atoms with Crippen LogP contribution in [-0.4, -0.2) is 43.5 Å². The van der Waals surface area contributed by atoms with E-state index in [4.69, 9.17) is 16.3 Å². The van der Waals surface area contributed by atoms with Gasteiger partial charge in [0, 0.05) is 22.5 Å². The van der Waals surface area contributed by atoms with Crippen molar-refractivity contribution in [3.05, 3.63) is 53.6 Å². The lowest BCUT2D eigenvalue weighted by Gasteiger charge is -2.23. The van der Waals surface area contributed by atoms with Crippen LogP contribution in [-0.2, 0) is 9.59 Å². The number of carbonyl (C=O) groups excluding carboxylic acids is 2. The third-order valence-electron chi connectivity index (χ3n) is 3.90.